The lowest BCUT2D eigenvalue weighted by Crippen LogP contribution is -2.50. The maximum atomic E-state index is 15.0. The number of nitrogens with zero attached hydrogens (tertiary/aromatic N) is 9. The number of amides is 2. The van der Waals surface area contributed by atoms with E-state index in [1.165, 1.54) is 18.5 Å². The highest BCUT2D eigenvalue weighted by atomic mass is 79.9. The number of benzene rings is 4. The predicted molar refractivity (Wildman–Crippen MR) is 247 cm³/mol. The molecule has 0 radical (unpaired) electrons. The maximum Gasteiger partial charge on any atom is 0.272 e. The van der Waals surface area contributed by atoms with Crippen LogP contribution in [0.25, 0.3) is 21.7 Å². The third-order valence-electron chi connectivity index (χ3n) is 11.1. The van der Waals surface area contributed by atoms with Crippen LogP contribution in [0.4, 0.5) is 21.6 Å². The highest BCUT2D eigenvalue weighted by Crippen LogP contribution is 2.28. The van der Waals surface area contributed by atoms with Crippen molar-refractivity contribution in [2.45, 2.75) is 32.2 Å². The summed E-state index contributed by atoms with van der Waals surface area (Å²) < 4.78 is 48.4. The van der Waals surface area contributed by atoms with Crippen molar-refractivity contribution in [2.75, 3.05) is 62.3 Å². The summed E-state index contributed by atoms with van der Waals surface area (Å²) in [6.45, 7) is 1.78. The first-order chi connectivity index (χ1) is 31.4. The van der Waals surface area contributed by atoms with Crippen LogP contribution in [-0.2, 0) is 38.5 Å². The first-order valence-electron chi connectivity index (χ1n) is 21.0. The Morgan fingerprint density at radius 3 is 2.55 bits per heavy atom. The molecule has 65 heavy (non-hydrogen) atoms. The van der Waals surface area contributed by atoms with Crippen LogP contribution in [0.5, 0.6) is 0 Å². The molecule has 3 aromatic heterocycles. The molecule has 2 N–H and O–H groups in total. The molecule has 1 aliphatic rings. The summed E-state index contributed by atoms with van der Waals surface area (Å²) in [4.78, 5) is 52.7. The van der Waals surface area contributed by atoms with E-state index in [2.05, 4.69) is 51.7 Å². The summed E-state index contributed by atoms with van der Waals surface area (Å²) in [5.74, 6) is -0.809. The Bertz CT molecular complexity index is 3030. The lowest BCUT2D eigenvalue weighted by Gasteiger charge is -2.35. The van der Waals surface area contributed by atoms with Crippen LogP contribution < -0.4 is 15.8 Å². The minimum atomic E-state index is -3.86. The molecule has 4 heterocycles. The standard InChI is InChI=1S/C45H45BrFN11O6S/c1-55(34-12-14-40-38(27-34)43(49-29-48-40)50-32-7-4-6-31(46)26-32)21-22-64-65(62,63)23-15-33-28-58(54-51-33)16-5-10-42(59)56-17-19-57(20-18-56)45(61)37-24-30(11-13-39(37)47)25-41-35-8-2-3-9-36(35)44(60)53-52-41/h2-4,6-9,11-14,24,26-29H,5,10,15-23,25H2,1H3,(H,53,60)(H,48,49,50). The van der Waals surface area contributed by atoms with Gasteiger partial charge < -0.3 is 20.0 Å². The molecule has 20 heteroatoms. The molecule has 1 saturated heterocycles. The molecular weight excluding hydrogens is 922 g/mol. The van der Waals surface area contributed by atoms with Gasteiger partial charge in [-0.25, -0.2) is 19.5 Å². The lowest BCUT2D eigenvalue weighted by atomic mass is 10.0. The Morgan fingerprint density at radius 1 is 0.938 bits per heavy atom. The van der Waals surface area contributed by atoms with Crippen LogP contribution in [0.2, 0.25) is 0 Å². The van der Waals surface area contributed by atoms with E-state index in [9.17, 15) is 27.2 Å². The summed E-state index contributed by atoms with van der Waals surface area (Å²) in [7, 11) is -2.01. The van der Waals surface area contributed by atoms with E-state index in [1.807, 2.05) is 60.5 Å². The number of carbonyl (C=O) groups excluding carboxylic acids is 2. The zero-order chi connectivity index (χ0) is 45.5. The largest absolute Gasteiger partial charge is 0.372 e. The molecule has 0 unspecified atom stereocenters. The Morgan fingerprint density at radius 2 is 1.74 bits per heavy atom. The number of hydrogen-bond donors (Lipinski definition) is 2. The maximum absolute atomic E-state index is 15.0. The van der Waals surface area contributed by atoms with Crippen molar-refractivity contribution in [3.05, 3.63) is 141 Å². The van der Waals surface area contributed by atoms with Gasteiger partial charge in [0, 0.05) is 98.4 Å². The number of nitrogens with one attached hydrogen (secondary N) is 2. The number of halogens is 2. The van der Waals surface area contributed by atoms with Crippen molar-refractivity contribution in [3.63, 3.8) is 0 Å². The third kappa shape index (κ3) is 11.2. The van der Waals surface area contributed by atoms with E-state index in [-0.39, 0.29) is 61.7 Å². The molecule has 1 fully saturated rings. The van der Waals surface area contributed by atoms with Gasteiger partial charge in [0.25, 0.3) is 21.6 Å². The summed E-state index contributed by atoms with van der Waals surface area (Å²) >= 11 is 3.49. The minimum Gasteiger partial charge on any atom is -0.372 e. The molecule has 336 valence electrons. The quantitative estimate of drug-likeness (QED) is 0.109. The number of aryl methyl sites for hydroxylation is 2. The molecule has 0 spiro atoms. The van der Waals surface area contributed by atoms with Crippen LogP contribution in [0.3, 0.4) is 0 Å². The van der Waals surface area contributed by atoms with Gasteiger partial charge in [-0.05, 0) is 66.6 Å². The number of aromatic nitrogens is 7. The smallest absolute Gasteiger partial charge is 0.272 e. The van der Waals surface area contributed by atoms with Crippen LogP contribution in [-0.4, -0.2) is 117 Å². The molecule has 8 rings (SSSR count). The monoisotopic (exact) mass is 965 g/mol. The molecule has 7 aromatic rings. The SMILES string of the molecule is CN(CCOS(=O)(=O)CCc1cn(CCCC(=O)N2CCN(C(=O)c3cc(Cc4n[nH]c(=O)c5ccccc45)ccc3F)CC2)nn1)c1ccc2ncnc(Nc3cccc(Br)c3)c2c1. The Hall–Kier alpha value is -6.64. The summed E-state index contributed by atoms with van der Waals surface area (Å²) in [5.41, 5.74) is 3.84. The van der Waals surface area contributed by atoms with E-state index in [4.69, 9.17) is 4.18 Å². The lowest BCUT2D eigenvalue weighted by molar-refractivity contribution is -0.132. The Labute approximate surface area is 381 Å². The van der Waals surface area contributed by atoms with Gasteiger partial charge in [-0.3, -0.25) is 23.2 Å². The van der Waals surface area contributed by atoms with Crippen LogP contribution in [0, 0.1) is 5.82 Å². The third-order valence-corrected chi connectivity index (χ3v) is 12.9. The number of rotatable bonds is 17. The van der Waals surface area contributed by atoms with Crippen molar-refractivity contribution in [3.8, 4) is 0 Å². The van der Waals surface area contributed by atoms with Crippen molar-refractivity contribution >= 4 is 76.7 Å². The van der Waals surface area contributed by atoms with Gasteiger partial charge in [0.05, 0.1) is 40.2 Å². The molecular formula is C45H45BrFN11O6S. The second-order valence-corrected chi connectivity index (χ2v) is 18.3. The van der Waals surface area contributed by atoms with Crippen LogP contribution in [0.15, 0.2) is 107 Å². The van der Waals surface area contributed by atoms with Crippen molar-refractivity contribution in [1.82, 2.24) is 45.0 Å². The van der Waals surface area contributed by atoms with Gasteiger partial charge in [0.2, 0.25) is 5.91 Å². The fourth-order valence-corrected chi connectivity index (χ4v) is 8.90. The zero-order valence-corrected chi connectivity index (χ0v) is 37.8. The van der Waals surface area contributed by atoms with Gasteiger partial charge >= 0.3 is 0 Å². The highest BCUT2D eigenvalue weighted by molar-refractivity contribution is 9.10. The number of H-pyrrole nitrogens is 1. The predicted octanol–water partition coefficient (Wildman–Crippen LogP) is 5.48. The van der Waals surface area contributed by atoms with Crippen molar-refractivity contribution in [2.24, 2.45) is 0 Å². The van der Waals surface area contributed by atoms with E-state index in [0.29, 0.717) is 66.1 Å². The Balaban J connectivity index is 0.750. The number of carbonyl (C=O) groups is 2. The van der Waals surface area contributed by atoms with Gasteiger partial charge in [0.1, 0.15) is 18.0 Å². The van der Waals surface area contributed by atoms with Gasteiger partial charge in [-0.15, -0.1) is 5.10 Å². The molecule has 2 amide bonds. The van der Waals surface area contributed by atoms with E-state index in [1.54, 1.807) is 44.9 Å². The first-order valence-corrected chi connectivity index (χ1v) is 23.3. The summed E-state index contributed by atoms with van der Waals surface area (Å²) in [5, 5.41) is 20.2. The number of piperazine rings is 1. The van der Waals surface area contributed by atoms with E-state index < -0.39 is 21.8 Å². The minimum absolute atomic E-state index is 0.0550. The van der Waals surface area contributed by atoms with Crippen LogP contribution in [0.1, 0.15) is 40.2 Å². The molecule has 4 aromatic carbocycles. The number of likely N-dealkylation sites (N-methyl/N-ethyl adjacent to an activating group) is 1. The average molecular weight is 967 g/mol. The second kappa shape index (κ2) is 20.0. The van der Waals surface area contributed by atoms with Gasteiger partial charge in [0.15, 0.2) is 0 Å². The first kappa shape index (κ1) is 44.9. The van der Waals surface area contributed by atoms with Gasteiger partial charge in [-0.2, -0.15) is 13.5 Å². The normalized spacial score (nSPS) is 13.1. The molecule has 0 atom stereocenters. The molecule has 0 aliphatic carbocycles. The number of aromatic amines is 1. The van der Waals surface area contributed by atoms with E-state index >= 15 is 0 Å². The second-order valence-electron chi connectivity index (χ2n) is 15.6. The summed E-state index contributed by atoms with van der Waals surface area (Å²) in [6, 6.07) is 24.9. The van der Waals surface area contributed by atoms with E-state index in [0.717, 1.165) is 26.8 Å². The highest BCUT2D eigenvalue weighted by Gasteiger charge is 2.27. The fourth-order valence-electron chi connectivity index (χ4n) is 7.59. The van der Waals surface area contributed by atoms with Crippen LogP contribution >= 0.6 is 15.9 Å². The number of hydrogen-bond acceptors (Lipinski definition) is 13. The number of fused-ring (bicyclic) bond motifs is 2. The van der Waals surface area contributed by atoms with Crippen molar-refractivity contribution < 1.29 is 26.6 Å². The van der Waals surface area contributed by atoms with Crippen molar-refractivity contribution in [1.29, 1.82) is 0 Å². The molecule has 0 bridgehead atoms. The molecule has 0 saturated carbocycles. The zero-order valence-electron chi connectivity index (χ0n) is 35.4. The topological polar surface area (TPSA) is 201 Å². The fraction of sp³-hybridized carbons (Fsp3) is 0.289. The Kier molecular flexibility index (Phi) is 13.9. The van der Waals surface area contributed by atoms with Gasteiger partial charge in [-0.1, -0.05) is 51.5 Å². The number of anilines is 3. The summed E-state index contributed by atoms with van der Waals surface area (Å²) in [6.07, 6.45) is 4.26. The average Bonchev–Trinajstić information content (AvgIpc) is 3.77. The molecule has 17 nitrogen and oxygen atoms in total. The molecule has 1 aliphatic heterocycles.